The first kappa shape index (κ1) is 24.4. The molecular weight excluding hydrogens is 344 g/mol. The van der Waals surface area contributed by atoms with E-state index in [0.717, 1.165) is 17.6 Å². The van der Waals surface area contributed by atoms with E-state index < -0.39 is 0 Å². The molecule has 153 valence electrons. The Morgan fingerprint density at radius 2 is 1.22 bits per heavy atom. The van der Waals surface area contributed by atoms with E-state index in [2.05, 4.69) is 60.0 Å². The van der Waals surface area contributed by atoms with Crippen LogP contribution in [0.25, 0.3) is 0 Å². The molecule has 3 radical (unpaired) electrons. The van der Waals surface area contributed by atoms with Crippen molar-refractivity contribution >= 4 is 10.2 Å². The third kappa shape index (κ3) is 15.0. The number of rotatable bonds is 18. The molecule has 0 saturated carbocycles. The van der Waals surface area contributed by atoms with Gasteiger partial charge in [0, 0.05) is 22.4 Å². The fourth-order valence-corrected chi connectivity index (χ4v) is 3.88. The molecule has 1 rings (SSSR count). The summed E-state index contributed by atoms with van der Waals surface area (Å²) in [5, 5.41) is 3.64. The Labute approximate surface area is 173 Å². The molecule has 0 spiro atoms. The Bertz CT molecular complexity index is 433. The van der Waals surface area contributed by atoms with Gasteiger partial charge in [-0.25, -0.2) is 0 Å². The third-order valence-electron chi connectivity index (χ3n) is 5.38. The summed E-state index contributed by atoms with van der Waals surface area (Å²) in [7, 11) is 8.21. The smallest absolute Gasteiger partial charge is 0.104 e. The third-order valence-corrected chi connectivity index (χ3v) is 5.73. The van der Waals surface area contributed by atoms with Crippen molar-refractivity contribution in [2.45, 2.75) is 83.2 Å². The quantitative estimate of drug-likeness (QED) is 0.192. The van der Waals surface area contributed by atoms with Gasteiger partial charge < -0.3 is 9.80 Å². The van der Waals surface area contributed by atoms with Gasteiger partial charge in [0.05, 0.1) is 20.6 Å². The van der Waals surface area contributed by atoms with Crippen molar-refractivity contribution in [1.82, 2.24) is 5.32 Å². The van der Waals surface area contributed by atoms with Gasteiger partial charge in [0.2, 0.25) is 0 Å². The first-order chi connectivity index (χ1) is 13.1. The first-order valence-electron chi connectivity index (χ1n) is 11.4. The Hall–Kier alpha value is -0.643. The number of unbranched alkanes of at least 4 members (excludes halogenated alkanes) is 10. The van der Waals surface area contributed by atoms with Gasteiger partial charge >= 0.3 is 0 Å². The van der Waals surface area contributed by atoms with Crippen molar-refractivity contribution in [3.8, 4) is 0 Å². The summed E-state index contributed by atoms with van der Waals surface area (Å²) in [5.41, 5.74) is 1.43. The minimum Gasteiger partial charge on any atom is -0.324 e. The molecule has 3 heteroatoms. The SMILES string of the molecule is C[N+](C)(CCNCCCCCCCCCCCCC[Si])Cc1ccccc1. The molecule has 0 bridgehead atoms. The first-order valence-corrected chi connectivity index (χ1v) is 12.1. The zero-order chi connectivity index (χ0) is 19.6. The number of nitrogens with zero attached hydrogens (tertiary/aromatic N) is 1. The van der Waals surface area contributed by atoms with Crippen LogP contribution in [0.15, 0.2) is 30.3 Å². The Morgan fingerprint density at radius 1 is 0.704 bits per heavy atom. The number of benzene rings is 1. The summed E-state index contributed by atoms with van der Waals surface area (Å²) < 4.78 is 1.05. The second kappa shape index (κ2) is 16.3. The standard InChI is InChI=1S/C24H44N2Si/c1-26(2,23-24-17-13-12-14-18-24)21-20-25-19-15-10-8-6-4-3-5-7-9-11-16-22-27/h12-14,17-18,25H,3-11,15-16,19-23H2,1-2H3/q+1. The van der Waals surface area contributed by atoms with Crippen molar-refractivity contribution in [3.63, 3.8) is 0 Å². The molecule has 0 amide bonds. The lowest BCUT2D eigenvalue weighted by Gasteiger charge is -2.30. The Kier molecular flexibility index (Phi) is 14.7. The molecule has 0 unspecified atom stereocenters. The molecule has 2 nitrogen and oxygen atoms in total. The summed E-state index contributed by atoms with van der Waals surface area (Å²) in [5.74, 6) is 0. The molecule has 0 saturated heterocycles. The second-order valence-electron chi connectivity index (χ2n) is 8.69. The van der Waals surface area contributed by atoms with Crippen LogP contribution in [0.2, 0.25) is 6.04 Å². The minimum absolute atomic E-state index is 1.05. The van der Waals surface area contributed by atoms with E-state index in [1.54, 1.807) is 0 Å². The maximum Gasteiger partial charge on any atom is 0.104 e. The maximum absolute atomic E-state index is 3.64. The molecule has 0 aliphatic carbocycles. The van der Waals surface area contributed by atoms with E-state index in [0.29, 0.717) is 0 Å². The van der Waals surface area contributed by atoms with Crippen molar-refractivity contribution in [2.24, 2.45) is 0 Å². The summed E-state index contributed by atoms with van der Waals surface area (Å²) in [6.07, 6.45) is 15.5. The van der Waals surface area contributed by atoms with E-state index in [4.69, 9.17) is 0 Å². The molecule has 0 atom stereocenters. The average molecular weight is 389 g/mol. The lowest BCUT2D eigenvalue weighted by Crippen LogP contribution is -2.43. The van der Waals surface area contributed by atoms with Gasteiger partial charge in [-0.15, -0.1) is 0 Å². The van der Waals surface area contributed by atoms with E-state index >= 15 is 0 Å². The molecule has 0 aliphatic heterocycles. The predicted octanol–water partition coefficient (Wildman–Crippen LogP) is 5.73. The number of likely N-dealkylation sites (N-methyl/N-ethyl adjacent to an activating group) is 1. The fourth-order valence-electron chi connectivity index (χ4n) is 3.63. The van der Waals surface area contributed by atoms with Crippen molar-refractivity contribution in [3.05, 3.63) is 35.9 Å². The molecule has 0 heterocycles. The van der Waals surface area contributed by atoms with E-state index in [1.807, 2.05) is 0 Å². The monoisotopic (exact) mass is 388 g/mol. The molecule has 27 heavy (non-hydrogen) atoms. The van der Waals surface area contributed by atoms with Gasteiger partial charge in [0.15, 0.2) is 0 Å². The van der Waals surface area contributed by atoms with Crippen LogP contribution in [-0.4, -0.2) is 48.5 Å². The van der Waals surface area contributed by atoms with Gasteiger partial charge in [0.1, 0.15) is 6.54 Å². The zero-order valence-electron chi connectivity index (χ0n) is 18.1. The van der Waals surface area contributed by atoms with Crippen molar-refractivity contribution < 1.29 is 4.48 Å². The van der Waals surface area contributed by atoms with Crippen LogP contribution in [0.4, 0.5) is 0 Å². The van der Waals surface area contributed by atoms with Crippen LogP contribution in [0, 0.1) is 0 Å². The Morgan fingerprint density at radius 3 is 1.78 bits per heavy atom. The highest BCUT2D eigenvalue weighted by Gasteiger charge is 2.14. The highest BCUT2D eigenvalue weighted by atomic mass is 28.1. The predicted molar refractivity (Wildman–Crippen MR) is 121 cm³/mol. The fraction of sp³-hybridized carbons (Fsp3) is 0.750. The van der Waals surface area contributed by atoms with Gasteiger partial charge in [-0.3, -0.25) is 0 Å². The topological polar surface area (TPSA) is 12.0 Å². The lowest BCUT2D eigenvalue weighted by molar-refractivity contribution is -0.902. The number of nitrogens with one attached hydrogen (secondary N) is 1. The number of hydrogen-bond acceptors (Lipinski definition) is 1. The average Bonchev–Trinajstić information content (AvgIpc) is 2.65. The van der Waals surface area contributed by atoms with Gasteiger partial charge in [-0.2, -0.15) is 0 Å². The molecular formula is C24H44N2Si+. The van der Waals surface area contributed by atoms with Crippen LogP contribution < -0.4 is 5.32 Å². The highest BCUT2D eigenvalue weighted by molar-refractivity contribution is 6.08. The van der Waals surface area contributed by atoms with E-state index in [9.17, 15) is 0 Å². The minimum atomic E-state index is 1.05. The molecule has 0 aromatic heterocycles. The van der Waals surface area contributed by atoms with Crippen LogP contribution >= 0.6 is 0 Å². The number of hydrogen-bond donors (Lipinski definition) is 1. The second-order valence-corrected chi connectivity index (χ2v) is 9.19. The van der Waals surface area contributed by atoms with E-state index in [1.165, 1.54) is 95.3 Å². The molecule has 0 aliphatic rings. The highest BCUT2D eigenvalue weighted by Crippen LogP contribution is 2.12. The van der Waals surface area contributed by atoms with Gasteiger partial charge in [-0.05, 0) is 13.0 Å². The summed E-state index contributed by atoms with van der Waals surface area (Å²) >= 11 is 0. The molecule has 0 fully saturated rings. The lowest BCUT2D eigenvalue weighted by atomic mass is 10.1. The molecule has 1 N–H and O–H groups in total. The zero-order valence-corrected chi connectivity index (χ0v) is 19.1. The summed E-state index contributed by atoms with van der Waals surface area (Å²) in [6, 6.07) is 12.0. The van der Waals surface area contributed by atoms with Crippen LogP contribution in [0.3, 0.4) is 0 Å². The number of quaternary nitrogens is 1. The summed E-state index contributed by atoms with van der Waals surface area (Å²) in [4.78, 5) is 0. The largest absolute Gasteiger partial charge is 0.324 e. The normalized spacial score (nSPS) is 11.8. The Balaban J connectivity index is 1.85. The molecule has 1 aromatic rings. The van der Waals surface area contributed by atoms with Crippen molar-refractivity contribution in [1.29, 1.82) is 0 Å². The van der Waals surface area contributed by atoms with Gasteiger partial charge in [-0.1, -0.05) is 101 Å². The molecule has 1 aromatic carbocycles. The van der Waals surface area contributed by atoms with Crippen LogP contribution in [-0.2, 0) is 6.54 Å². The maximum atomic E-state index is 3.64. The van der Waals surface area contributed by atoms with E-state index in [-0.39, 0.29) is 0 Å². The van der Waals surface area contributed by atoms with Crippen LogP contribution in [0.1, 0.15) is 76.2 Å². The summed E-state index contributed by atoms with van der Waals surface area (Å²) in [6.45, 7) is 4.59. The van der Waals surface area contributed by atoms with Crippen LogP contribution in [0.5, 0.6) is 0 Å². The van der Waals surface area contributed by atoms with Gasteiger partial charge in [0.25, 0.3) is 0 Å². The van der Waals surface area contributed by atoms with Crippen molar-refractivity contribution in [2.75, 3.05) is 33.7 Å².